The molecule has 0 radical (unpaired) electrons. The van der Waals surface area contributed by atoms with Gasteiger partial charge in [0, 0.05) is 5.56 Å². The number of hydrogen-bond acceptors (Lipinski definition) is 6. The van der Waals surface area contributed by atoms with Gasteiger partial charge in [-0.2, -0.15) is 10.4 Å². The maximum Gasteiger partial charge on any atom is 0.277 e. The Morgan fingerprint density at radius 2 is 1.97 bits per heavy atom. The summed E-state index contributed by atoms with van der Waals surface area (Å²) in [6.07, 6.45) is 0. The molecular weight excluding hydrogens is 396 g/mol. The molecule has 1 aliphatic heterocycles. The van der Waals surface area contributed by atoms with E-state index in [9.17, 15) is 4.79 Å². The van der Waals surface area contributed by atoms with E-state index in [0.717, 1.165) is 49.7 Å². The summed E-state index contributed by atoms with van der Waals surface area (Å²) in [6, 6.07) is 14.5. The lowest BCUT2D eigenvalue weighted by Gasteiger charge is -2.24. The molecule has 0 saturated carbocycles. The Morgan fingerprint density at radius 3 is 2.65 bits per heavy atom. The van der Waals surface area contributed by atoms with Gasteiger partial charge in [0.1, 0.15) is 31.1 Å². The summed E-state index contributed by atoms with van der Waals surface area (Å²) < 4.78 is 16.4. The molecule has 0 aliphatic carbocycles. The van der Waals surface area contributed by atoms with E-state index in [4.69, 9.17) is 19.5 Å². The highest BCUT2D eigenvalue weighted by Gasteiger charge is 2.17. The molecular formula is C23H27N4O4+. The maximum absolute atomic E-state index is 12.1. The predicted octanol–water partition coefficient (Wildman–Crippen LogP) is 0.901. The highest BCUT2D eigenvalue weighted by Crippen LogP contribution is 2.20. The number of carbonyl (C=O) groups excluding carboxylic acids is 1. The number of methoxy groups -OCH3 is 1. The third-order valence-corrected chi connectivity index (χ3v) is 5.04. The molecule has 1 aliphatic rings. The van der Waals surface area contributed by atoms with Crippen LogP contribution in [0, 0.1) is 11.3 Å². The molecule has 1 heterocycles. The van der Waals surface area contributed by atoms with Gasteiger partial charge in [0.05, 0.1) is 37.7 Å². The zero-order valence-electron chi connectivity index (χ0n) is 17.8. The minimum absolute atomic E-state index is 0.170. The number of quaternary nitrogens is 1. The summed E-state index contributed by atoms with van der Waals surface area (Å²) in [6.45, 7) is 6.00. The van der Waals surface area contributed by atoms with Crippen LogP contribution in [0.4, 0.5) is 0 Å². The smallest absolute Gasteiger partial charge is 0.277 e. The van der Waals surface area contributed by atoms with E-state index in [0.29, 0.717) is 17.0 Å². The largest absolute Gasteiger partial charge is 0.496 e. The predicted molar refractivity (Wildman–Crippen MR) is 115 cm³/mol. The van der Waals surface area contributed by atoms with E-state index in [-0.39, 0.29) is 12.5 Å². The first-order valence-electron chi connectivity index (χ1n) is 10.1. The Labute approximate surface area is 182 Å². The van der Waals surface area contributed by atoms with E-state index in [1.54, 1.807) is 31.4 Å². The topological polar surface area (TPSA) is 97.4 Å². The van der Waals surface area contributed by atoms with Crippen molar-refractivity contribution in [1.29, 1.82) is 5.26 Å². The van der Waals surface area contributed by atoms with Crippen LogP contribution in [0.15, 0.2) is 47.6 Å². The second kappa shape index (κ2) is 11.1. The van der Waals surface area contributed by atoms with Crippen LogP contribution < -0.4 is 19.8 Å². The van der Waals surface area contributed by atoms with E-state index in [2.05, 4.69) is 16.6 Å². The molecule has 8 nitrogen and oxygen atoms in total. The molecule has 2 aromatic carbocycles. The van der Waals surface area contributed by atoms with Gasteiger partial charge in [-0.1, -0.05) is 0 Å². The van der Waals surface area contributed by atoms with Crippen LogP contribution in [-0.2, 0) is 16.1 Å². The van der Waals surface area contributed by atoms with Crippen LogP contribution in [0.3, 0.4) is 0 Å². The molecule has 0 unspecified atom stereocenters. The van der Waals surface area contributed by atoms with Crippen molar-refractivity contribution < 1.29 is 23.9 Å². The van der Waals surface area contributed by atoms with Crippen molar-refractivity contribution in [3.63, 3.8) is 0 Å². The van der Waals surface area contributed by atoms with Gasteiger partial charge in [-0.25, -0.2) is 5.43 Å². The van der Waals surface area contributed by atoms with Crippen LogP contribution in [0.1, 0.15) is 23.6 Å². The average molecular weight is 423 g/mol. The first-order chi connectivity index (χ1) is 15.1. The summed E-state index contributed by atoms with van der Waals surface area (Å²) in [5.74, 6) is 0.992. The number of nitriles is 1. The van der Waals surface area contributed by atoms with Gasteiger partial charge in [0.15, 0.2) is 6.61 Å². The quantitative estimate of drug-likeness (QED) is 0.486. The van der Waals surface area contributed by atoms with E-state index in [1.807, 2.05) is 25.1 Å². The highest BCUT2D eigenvalue weighted by atomic mass is 16.5. The minimum Gasteiger partial charge on any atom is -0.496 e. The van der Waals surface area contributed by atoms with Crippen LogP contribution in [-0.4, -0.2) is 51.6 Å². The molecule has 0 bridgehead atoms. The zero-order valence-corrected chi connectivity index (χ0v) is 17.8. The molecule has 1 amide bonds. The van der Waals surface area contributed by atoms with Gasteiger partial charge in [0.2, 0.25) is 0 Å². The van der Waals surface area contributed by atoms with E-state index < -0.39 is 0 Å². The van der Waals surface area contributed by atoms with Gasteiger partial charge in [-0.05, 0) is 55.0 Å². The van der Waals surface area contributed by atoms with Gasteiger partial charge >= 0.3 is 0 Å². The SMILES string of the molecule is COc1ccc(/C(C)=N\NC(=O)COc2ccc(C#N)cc2)cc1C[NH+]1CCOCC1. The lowest BCUT2D eigenvalue weighted by molar-refractivity contribution is -0.921. The molecule has 2 N–H and O–H groups in total. The number of hydrogen-bond donors (Lipinski definition) is 2. The molecule has 3 rings (SSSR count). The van der Waals surface area contributed by atoms with E-state index >= 15 is 0 Å². The lowest BCUT2D eigenvalue weighted by atomic mass is 10.1. The van der Waals surface area contributed by atoms with Crippen molar-refractivity contribution in [3.8, 4) is 17.6 Å². The fourth-order valence-corrected chi connectivity index (χ4v) is 3.27. The van der Waals surface area contributed by atoms with Gasteiger partial charge in [-0.3, -0.25) is 4.79 Å². The van der Waals surface area contributed by atoms with E-state index in [1.165, 1.54) is 4.90 Å². The number of nitrogens with one attached hydrogen (secondary N) is 2. The normalized spacial score (nSPS) is 14.5. The van der Waals surface area contributed by atoms with Crippen molar-refractivity contribution >= 4 is 11.6 Å². The first-order valence-corrected chi connectivity index (χ1v) is 10.1. The summed E-state index contributed by atoms with van der Waals surface area (Å²) in [5.41, 5.74) is 5.76. The Bertz CT molecular complexity index is 961. The summed E-state index contributed by atoms with van der Waals surface area (Å²) >= 11 is 0. The average Bonchev–Trinajstić information content (AvgIpc) is 2.82. The maximum atomic E-state index is 12.1. The van der Waals surface area contributed by atoms with Crippen molar-refractivity contribution in [2.75, 3.05) is 40.0 Å². The molecule has 1 fully saturated rings. The minimum atomic E-state index is -0.366. The monoisotopic (exact) mass is 423 g/mol. The Balaban J connectivity index is 1.58. The summed E-state index contributed by atoms with van der Waals surface area (Å²) in [5, 5.41) is 13.0. The van der Waals surface area contributed by atoms with Gasteiger partial charge in [0.25, 0.3) is 5.91 Å². The number of hydrazone groups is 1. The van der Waals surface area contributed by atoms with Crippen molar-refractivity contribution in [2.45, 2.75) is 13.5 Å². The van der Waals surface area contributed by atoms with Crippen molar-refractivity contribution in [3.05, 3.63) is 59.2 Å². The molecule has 0 aromatic heterocycles. The summed E-state index contributed by atoms with van der Waals surface area (Å²) in [7, 11) is 1.67. The van der Waals surface area contributed by atoms with Crippen LogP contribution in [0.25, 0.3) is 0 Å². The fourth-order valence-electron chi connectivity index (χ4n) is 3.27. The van der Waals surface area contributed by atoms with Crippen molar-refractivity contribution in [1.82, 2.24) is 5.43 Å². The number of ether oxygens (including phenoxy) is 3. The zero-order chi connectivity index (χ0) is 22.1. The second-order valence-corrected chi connectivity index (χ2v) is 7.22. The Morgan fingerprint density at radius 1 is 1.23 bits per heavy atom. The van der Waals surface area contributed by atoms with Gasteiger partial charge < -0.3 is 19.1 Å². The summed E-state index contributed by atoms with van der Waals surface area (Å²) in [4.78, 5) is 13.5. The van der Waals surface area contributed by atoms with Crippen LogP contribution >= 0.6 is 0 Å². The van der Waals surface area contributed by atoms with Crippen LogP contribution in [0.2, 0.25) is 0 Å². The number of rotatable bonds is 8. The number of nitrogens with zero attached hydrogens (tertiary/aromatic N) is 2. The molecule has 1 saturated heterocycles. The number of amides is 1. The molecule has 2 aromatic rings. The Hall–Kier alpha value is -3.41. The third-order valence-electron chi connectivity index (χ3n) is 5.04. The molecule has 0 atom stereocenters. The highest BCUT2D eigenvalue weighted by molar-refractivity contribution is 5.99. The number of morpholine rings is 1. The molecule has 162 valence electrons. The van der Waals surface area contributed by atoms with Crippen LogP contribution in [0.5, 0.6) is 11.5 Å². The third kappa shape index (κ3) is 6.54. The molecule has 31 heavy (non-hydrogen) atoms. The second-order valence-electron chi connectivity index (χ2n) is 7.22. The Kier molecular flexibility index (Phi) is 7.98. The lowest BCUT2D eigenvalue weighted by Crippen LogP contribution is -3.12. The molecule has 8 heteroatoms. The molecule has 0 spiro atoms. The number of benzene rings is 2. The standard InChI is InChI=1S/C23H26N4O4/c1-17(25-26-23(28)16-31-21-6-3-18(14-24)4-7-21)19-5-8-22(29-2)20(13-19)15-27-9-11-30-12-10-27/h3-8,13H,9-12,15-16H2,1-2H3,(H,26,28)/p+1/b25-17-. The van der Waals surface area contributed by atoms with Gasteiger partial charge in [-0.15, -0.1) is 0 Å². The first kappa shape index (κ1) is 22.3. The number of carbonyl (C=O) groups is 1. The fraction of sp³-hybridized carbons (Fsp3) is 0.348. The van der Waals surface area contributed by atoms with Crippen molar-refractivity contribution in [2.24, 2.45) is 5.10 Å².